The van der Waals surface area contributed by atoms with Crippen molar-refractivity contribution in [1.82, 2.24) is 0 Å². The number of nitrogens with two attached hydrogens (primary N) is 1. The number of hydrogen-bond donors (Lipinski definition) is 1. The van der Waals surface area contributed by atoms with Gasteiger partial charge in [0.2, 0.25) is 0 Å². The van der Waals surface area contributed by atoms with Gasteiger partial charge in [-0.15, -0.1) is 0 Å². The lowest BCUT2D eigenvalue weighted by molar-refractivity contribution is 0.242. The van der Waals surface area contributed by atoms with Crippen molar-refractivity contribution in [3.63, 3.8) is 0 Å². The van der Waals surface area contributed by atoms with Crippen LogP contribution in [0.15, 0.2) is 29.2 Å². The molecule has 0 heterocycles. The minimum atomic E-state index is -3.24. The van der Waals surface area contributed by atoms with E-state index in [0.29, 0.717) is 5.75 Å². The second-order valence-electron chi connectivity index (χ2n) is 3.75. The molecule has 1 aromatic rings. The van der Waals surface area contributed by atoms with Crippen LogP contribution in [0, 0.1) is 0 Å². The van der Waals surface area contributed by atoms with Gasteiger partial charge in [0.25, 0.3) is 0 Å². The summed E-state index contributed by atoms with van der Waals surface area (Å²) in [4.78, 5) is 0.286. The van der Waals surface area contributed by atoms with E-state index in [9.17, 15) is 8.42 Å². The molecule has 0 radical (unpaired) electrons. The number of rotatable bonds is 5. The first-order valence-electron chi connectivity index (χ1n) is 5.15. The highest BCUT2D eigenvalue weighted by molar-refractivity contribution is 7.91. The lowest BCUT2D eigenvalue weighted by Crippen LogP contribution is -2.15. The van der Waals surface area contributed by atoms with Crippen LogP contribution in [0.5, 0.6) is 5.75 Å². The van der Waals surface area contributed by atoms with E-state index in [1.165, 1.54) is 0 Å². The summed E-state index contributed by atoms with van der Waals surface area (Å²) in [6.07, 6.45) is 0.0755. The van der Waals surface area contributed by atoms with Crippen LogP contribution in [-0.2, 0) is 9.84 Å². The second kappa shape index (κ2) is 5.32. The third kappa shape index (κ3) is 3.50. The van der Waals surface area contributed by atoms with Crippen molar-refractivity contribution >= 4 is 9.84 Å². The van der Waals surface area contributed by atoms with Crippen LogP contribution >= 0.6 is 0 Å². The van der Waals surface area contributed by atoms with E-state index in [1.807, 2.05) is 13.8 Å². The Morgan fingerprint density at radius 2 is 1.81 bits per heavy atom. The molecule has 1 rings (SSSR count). The molecule has 90 valence electrons. The highest BCUT2D eigenvalue weighted by atomic mass is 32.2. The molecule has 0 aromatic heterocycles. The zero-order valence-electron chi connectivity index (χ0n) is 9.51. The van der Waals surface area contributed by atoms with Gasteiger partial charge in [-0.05, 0) is 38.1 Å². The first-order chi connectivity index (χ1) is 7.45. The van der Waals surface area contributed by atoms with Crippen molar-refractivity contribution < 1.29 is 13.2 Å². The summed E-state index contributed by atoms with van der Waals surface area (Å²) in [7, 11) is -3.24. The topological polar surface area (TPSA) is 69.4 Å². The third-order valence-electron chi connectivity index (χ3n) is 1.94. The van der Waals surface area contributed by atoms with Crippen molar-refractivity contribution in [3.8, 4) is 5.75 Å². The van der Waals surface area contributed by atoms with Gasteiger partial charge in [-0.2, -0.15) is 0 Å². The molecule has 2 N–H and O–H groups in total. The SMILES string of the molecule is CC(C)Oc1ccc(S(=O)(=O)CCN)cc1. The van der Waals surface area contributed by atoms with Crippen molar-refractivity contribution in [2.45, 2.75) is 24.8 Å². The summed E-state index contributed by atoms with van der Waals surface area (Å²) in [5.41, 5.74) is 5.24. The van der Waals surface area contributed by atoms with Crippen molar-refractivity contribution in [3.05, 3.63) is 24.3 Å². The largest absolute Gasteiger partial charge is 0.491 e. The number of benzene rings is 1. The first-order valence-corrected chi connectivity index (χ1v) is 6.80. The van der Waals surface area contributed by atoms with E-state index < -0.39 is 9.84 Å². The van der Waals surface area contributed by atoms with Crippen LogP contribution in [-0.4, -0.2) is 26.8 Å². The summed E-state index contributed by atoms with van der Waals surface area (Å²) >= 11 is 0. The van der Waals surface area contributed by atoms with E-state index in [0.717, 1.165) is 0 Å². The maximum Gasteiger partial charge on any atom is 0.179 e. The summed E-state index contributed by atoms with van der Waals surface area (Å²) in [6.45, 7) is 3.96. The highest BCUT2D eigenvalue weighted by Crippen LogP contribution is 2.17. The Balaban J connectivity index is 2.87. The predicted octanol–water partition coefficient (Wildman–Crippen LogP) is 1.21. The Labute approximate surface area is 96.3 Å². The quantitative estimate of drug-likeness (QED) is 0.843. The third-order valence-corrected chi connectivity index (χ3v) is 3.70. The normalized spacial score (nSPS) is 11.8. The Bertz CT molecular complexity index is 423. The van der Waals surface area contributed by atoms with E-state index in [4.69, 9.17) is 10.5 Å². The van der Waals surface area contributed by atoms with Crippen molar-refractivity contribution in [2.24, 2.45) is 5.73 Å². The van der Waals surface area contributed by atoms with Gasteiger partial charge in [0.1, 0.15) is 5.75 Å². The zero-order chi connectivity index (χ0) is 12.2. The molecule has 5 heteroatoms. The molecule has 0 saturated heterocycles. The highest BCUT2D eigenvalue weighted by Gasteiger charge is 2.12. The van der Waals surface area contributed by atoms with Gasteiger partial charge in [-0.3, -0.25) is 0 Å². The van der Waals surface area contributed by atoms with Gasteiger partial charge < -0.3 is 10.5 Å². The molecule has 0 aliphatic heterocycles. The maximum absolute atomic E-state index is 11.6. The molecule has 0 aliphatic carbocycles. The Morgan fingerprint density at radius 1 is 1.25 bits per heavy atom. The lowest BCUT2D eigenvalue weighted by atomic mass is 10.3. The molecule has 0 aliphatic rings. The number of sulfone groups is 1. The molecule has 0 saturated carbocycles. The Hall–Kier alpha value is -1.07. The van der Waals surface area contributed by atoms with Crippen molar-refractivity contribution in [2.75, 3.05) is 12.3 Å². The van der Waals surface area contributed by atoms with Crippen molar-refractivity contribution in [1.29, 1.82) is 0 Å². The van der Waals surface area contributed by atoms with Crippen LogP contribution < -0.4 is 10.5 Å². The summed E-state index contributed by atoms with van der Waals surface area (Å²) in [6, 6.07) is 6.40. The van der Waals surface area contributed by atoms with Gasteiger partial charge in [-0.1, -0.05) is 0 Å². The zero-order valence-corrected chi connectivity index (χ0v) is 10.3. The van der Waals surface area contributed by atoms with Gasteiger partial charge in [-0.25, -0.2) is 8.42 Å². The number of hydrogen-bond acceptors (Lipinski definition) is 4. The second-order valence-corrected chi connectivity index (χ2v) is 5.85. The van der Waals surface area contributed by atoms with Gasteiger partial charge in [0.05, 0.1) is 16.8 Å². The maximum atomic E-state index is 11.6. The molecule has 0 fully saturated rings. The first kappa shape index (κ1) is 13.0. The standard InChI is InChI=1S/C11H17NO3S/c1-9(2)15-10-3-5-11(6-4-10)16(13,14)8-7-12/h3-6,9H,7-8,12H2,1-2H3. The number of ether oxygens (including phenoxy) is 1. The predicted molar refractivity (Wildman–Crippen MR) is 63.3 cm³/mol. The minimum Gasteiger partial charge on any atom is -0.491 e. The van der Waals surface area contributed by atoms with Gasteiger partial charge >= 0.3 is 0 Å². The van der Waals surface area contributed by atoms with Crippen LogP contribution in [0.25, 0.3) is 0 Å². The van der Waals surface area contributed by atoms with Crippen LogP contribution in [0.3, 0.4) is 0 Å². The fourth-order valence-corrected chi connectivity index (χ4v) is 2.37. The molecule has 4 nitrogen and oxygen atoms in total. The molecule has 0 spiro atoms. The molecular formula is C11H17NO3S. The molecule has 0 amide bonds. The van der Waals surface area contributed by atoms with E-state index >= 15 is 0 Å². The molecule has 0 unspecified atom stereocenters. The summed E-state index contributed by atoms with van der Waals surface area (Å²) in [5.74, 6) is 0.638. The molecular weight excluding hydrogens is 226 g/mol. The van der Waals surface area contributed by atoms with Gasteiger partial charge in [0.15, 0.2) is 9.84 Å². The molecule has 16 heavy (non-hydrogen) atoms. The summed E-state index contributed by atoms with van der Waals surface area (Å²) < 4.78 is 28.7. The molecule has 0 bridgehead atoms. The van der Waals surface area contributed by atoms with E-state index in [2.05, 4.69) is 0 Å². The van der Waals surface area contributed by atoms with E-state index in [-0.39, 0.29) is 23.3 Å². The molecule has 0 atom stereocenters. The Kier molecular flexibility index (Phi) is 4.32. The van der Waals surface area contributed by atoms with E-state index in [1.54, 1.807) is 24.3 Å². The fraction of sp³-hybridized carbons (Fsp3) is 0.455. The Morgan fingerprint density at radius 3 is 2.25 bits per heavy atom. The van der Waals surface area contributed by atoms with Gasteiger partial charge in [0, 0.05) is 6.54 Å². The monoisotopic (exact) mass is 243 g/mol. The smallest absolute Gasteiger partial charge is 0.179 e. The van der Waals surface area contributed by atoms with Crippen LogP contribution in [0.1, 0.15) is 13.8 Å². The average Bonchev–Trinajstić information content (AvgIpc) is 2.17. The fourth-order valence-electron chi connectivity index (χ4n) is 1.27. The van der Waals surface area contributed by atoms with Crippen LogP contribution in [0.2, 0.25) is 0 Å². The lowest BCUT2D eigenvalue weighted by Gasteiger charge is -2.10. The minimum absolute atomic E-state index is 0.0304. The average molecular weight is 243 g/mol. The summed E-state index contributed by atoms with van der Waals surface area (Å²) in [5, 5.41) is 0. The molecule has 1 aromatic carbocycles. The van der Waals surface area contributed by atoms with Crippen LogP contribution in [0.4, 0.5) is 0 Å².